The number of fused-ring (bicyclic) bond motifs is 7. The molecule has 0 unspecified atom stereocenters. The SMILES string of the molecule is C=C1CC[C@]2(C)CC[C@]3(C)[C@H](CC[C@@H]4[C@@]5(C)CC[C@H](OC(=O)CCCCCCCCCCCCCCC)C(C)(C)[C@@H]5CC[C@]43C)[C@H]2[C@@H]1C. The molecule has 5 rings (SSSR count). The van der Waals surface area contributed by atoms with E-state index in [1.807, 2.05) is 0 Å². The molecule has 5 saturated carbocycles. The second-order valence-corrected chi connectivity index (χ2v) is 20.1. The van der Waals surface area contributed by atoms with Gasteiger partial charge in [-0.2, -0.15) is 0 Å². The van der Waals surface area contributed by atoms with Crippen molar-refractivity contribution in [1.82, 2.24) is 0 Å². The first-order chi connectivity index (χ1) is 22.7. The fourth-order valence-electron chi connectivity index (χ4n) is 14.1. The lowest BCUT2D eigenvalue weighted by molar-refractivity contribution is -0.254. The van der Waals surface area contributed by atoms with E-state index < -0.39 is 0 Å². The van der Waals surface area contributed by atoms with Gasteiger partial charge in [0.1, 0.15) is 6.10 Å². The lowest BCUT2D eigenvalue weighted by Gasteiger charge is -2.73. The molecule has 2 nitrogen and oxygen atoms in total. The van der Waals surface area contributed by atoms with Gasteiger partial charge in [-0.3, -0.25) is 4.79 Å². The van der Waals surface area contributed by atoms with Crippen molar-refractivity contribution in [2.24, 2.45) is 56.7 Å². The Morgan fingerprint density at radius 1 is 0.688 bits per heavy atom. The summed E-state index contributed by atoms with van der Waals surface area (Å²) in [6.45, 7) is 25.2. The fraction of sp³-hybridized carbons (Fsp3) is 0.935. The van der Waals surface area contributed by atoms with Crippen molar-refractivity contribution in [3.05, 3.63) is 12.2 Å². The lowest BCUT2D eigenvalue weighted by Crippen LogP contribution is -2.67. The van der Waals surface area contributed by atoms with Gasteiger partial charge in [-0.25, -0.2) is 0 Å². The summed E-state index contributed by atoms with van der Waals surface area (Å²) in [5.74, 6) is 3.79. The van der Waals surface area contributed by atoms with Gasteiger partial charge in [0, 0.05) is 11.8 Å². The van der Waals surface area contributed by atoms with E-state index >= 15 is 0 Å². The zero-order chi connectivity index (χ0) is 34.8. The Balaban J connectivity index is 1.11. The molecule has 0 aromatic rings. The van der Waals surface area contributed by atoms with E-state index in [-0.39, 0.29) is 17.5 Å². The molecule has 0 aromatic heterocycles. The largest absolute Gasteiger partial charge is 0.462 e. The average Bonchev–Trinajstić information content (AvgIpc) is 3.03. The summed E-state index contributed by atoms with van der Waals surface area (Å²) in [5.41, 5.74) is 3.24. The van der Waals surface area contributed by atoms with Crippen molar-refractivity contribution in [3.8, 4) is 0 Å². The van der Waals surface area contributed by atoms with Crippen LogP contribution in [0.3, 0.4) is 0 Å². The van der Waals surface area contributed by atoms with Gasteiger partial charge in [-0.1, -0.05) is 145 Å². The topological polar surface area (TPSA) is 26.3 Å². The Morgan fingerprint density at radius 2 is 1.29 bits per heavy atom. The molecule has 5 aliphatic rings. The molecule has 0 heterocycles. The Bertz CT molecular complexity index is 1090. The Hall–Kier alpha value is -0.790. The number of carbonyl (C=O) groups is 1. The van der Waals surface area contributed by atoms with Crippen LogP contribution in [-0.4, -0.2) is 12.1 Å². The predicted molar refractivity (Wildman–Crippen MR) is 205 cm³/mol. The molecule has 0 N–H and O–H groups in total. The molecule has 2 heteroatoms. The summed E-state index contributed by atoms with van der Waals surface area (Å²) >= 11 is 0. The number of allylic oxidation sites excluding steroid dienone is 1. The van der Waals surface area contributed by atoms with Crippen molar-refractivity contribution < 1.29 is 9.53 Å². The highest BCUT2D eigenvalue weighted by Crippen LogP contribution is 2.77. The molecule has 0 spiro atoms. The van der Waals surface area contributed by atoms with Gasteiger partial charge in [0.05, 0.1) is 0 Å². The lowest BCUT2D eigenvalue weighted by atomic mass is 9.31. The maximum atomic E-state index is 13.2. The minimum absolute atomic E-state index is 0.0402. The van der Waals surface area contributed by atoms with Crippen LogP contribution in [0.5, 0.6) is 0 Å². The van der Waals surface area contributed by atoms with Gasteiger partial charge in [-0.15, -0.1) is 0 Å². The third-order valence-corrected chi connectivity index (χ3v) is 17.3. The zero-order valence-electron chi connectivity index (χ0n) is 33.5. The molecule has 276 valence electrons. The molecule has 48 heavy (non-hydrogen) atoms. The average molecular weight is 665 g/mol. The molecule has 0 amide bonds. The summed E-state index contributed by atoms with van der Waals surface area (Å²) < 4.78 is 6.42. The van der Waals surface area contributed by atoms with Crippen LogP contribution < -0.4 is 0 Å². The van der Waals surface area contributed by atoms with Gasteiger partial charge in [0.15, 0.2) is 0 Å². The van der Waals surface area contributed by atoms with Gasteiger partial charge in [0.25, 0.3) is 0 Å². The third-order valence-electron chi connectivity index (χ3n) is 17.3. The van der Waals surface area contributed by atoms with Gasteiger partial charge in [0.2, 0.25) is 0 Å². The summed E-state index contributed by atoms with van der Waals surface area (Å²) in [6.07, 6.45) is 31.2. The van der Waals surface area contributed by atoms with E-state index in [4.69, 9.17) is 4.74 Å². The third kappa shape index (κ3) is 7.14. The highest BCUT2D eigenvalue weighted by atomic mass is 16.5. The summed E-state index contributed by atoms with van der Waals surface area (Å²) in [6, 6.07) is 0. The molecule has 5 aliphatic carbocycles. The highest BCUT2D eigenvalue weighted by molar-refractivity contribution is 5.69. The van der Waals surface area contributed by atoms with Crippen LogP contribution in [0.1, 0.15) is 209 Å². The minimum Gasteiger partial charge on any atom is -0.462 e. The van der Waals surface area contributed by atoms with Crippen LogP contribution in [0, 0.1) is 56.7 Å². The van der Waals surface area contributed by atoms with Gasteiger partial charge < -0.3 is 4.74 Å². The smallest absolute Gasteiger partial charge is 0.306 e. The van der Waals surface area contributed by atoms with E-state index in [9.17, 15) is 4.79 Å². The first-order valence-corrected chi connectivity index (χ1v) is 21.6. The summed E-state index contributed by atoms with van der Waals surface area (Å²) in [7, 11) is 0. The van der Waals surface area contributed by atoms with E-state index in [1.165, 1.54) is 140 Å². The van der Waals surface area contributed by atoms with Crippen LogP contribution in [-0.2, 0) is 9.53 Å². The number of hydrogen-bond acceptors (Lipinski definition) is 2. The molecule has 5 fully saturated rings. The highest BCUT2D eigenvalue weighted by Gasteiger charge is 2.70. The van der Waals surface area contributed by atoms with E-state index in [0.717, 1.165) is 30.6 Å². The molecular formula is C46H80O2. The molecule has 0 aromatic carbocycles. The maximum absolute atomic E-state index is 13.2. The van der Waals surface area contributed by atoms with Crippen molar-refractivity contribution in [3.63, 3.8) is 0 Å². The van der Waals surface area contributed by atoms with Crippen molar-refractivity contribution in [2.75, 3.05) is 0 Å². The first kappa shape index (κ1) is 38.4. The molecule has 0 aliphatic heterocycles. The minimum atomic E-state index is 0.0402. The Kier molecular flexibility index (Phi) is 12.4. The number of carbonyl (C=O) groups excluding carboxylic acids is 1. The normalized spacial score (nSPS) is 41.9. The Labute approximate surface area is 299 Å². The second kappa shape index (κ2) is 15.4. The van der Waals surface area contributed by atoms with E-state index in [1.54, 1.807) is 0 Å². The summed E-state index contributed by atoms with van der Waals surface area (Å²) in [5, 5.41) is 0. The first-order valence-electron chi connectivity index (χ1n) is 21.6. The van der Waals surface area contributed by atoms with Crippen LogP contribution in [0.15, 0.2) is 12.2 Å². The molecule has 0 radical (unpaired) electrons. The van der Waals surface area contributed by atoms with E-state index in [2.05, 4.69) is 62.0 Å². The zero-order valence-corrected chi connectivity index (χ0v) is 33.5. The molecular weight excluding hydrogens is 585 g/mol. The van der Waals surface area contributed by atoms with Gasteiger partial charge in [-0.05, 0) is 122 Å². The monoisotopic (exact) mass is 665 g/mol. The van der Waals surface area contributed by atoms with Crippen LogP contribution in [0.4, 0.5) is 0 Å². The van der Waals surface area contributed by atoms with Crippen molar-refractivity contribution in [2.45, 2.75) is 216 Å². The number of ether oxygens (including phenoxy) is 1. The standard InChI is InChI=1S/C46H80O2/c1-10-11-12-13-14-15-16-17-18-19-20-21-22-23-40(47)48-39-28-30-44(7)37(42(39,4)5)27-31-46(9)38(44)25-24-36-41-35(3)34(2)26-29-43(41,6)32-33-45(36,46)8/h35-39,41H,2,10-33H2,1,3-9H3/t35-,36-,37+,38-,39+,41-,43-,44+,45-,46-/m1/s1. The van der Waals surface area contributed by atoms with Crippen LogP contribution >= 0.6 is 0 Å². The molecule has 0 saturated heterocycles. The van der Waals surface area contributed by atoms with Crippen molar-refractivity contribution in [1.29, 1.82) is 0 Å². The number of rotatable bonds is 15. The van der Waals surface area contributed by atoms with Crippen LogP contribution in [0.2, 0.25) is 0 Å². The maximum Gasteiger partial charge on any atom is 0.306 e. The summed E-state index contributed by atoms with van der Waals surface area (Å²) in [4.78, 5) is 13.2. The number of esters is 1. The van der Waals surface area contributed by atoms with E-state index in [0.29, 0.717) is 39.9 Å². The fourth-order valence-corrected chi connectivity index (χ4v) is 14.1. The quantitative estimate of drug-likeness (QED) is 0.0989. The van der Waals surface area contributed by atoms with Gasteiger partial charge >= 0.3 is 5.97 Å². The van der Waals surface area contributed by atoms with Crippen LogP contribution in [0.25, 0.3) is 0 Å². The Morgan fingerprint density at radius 3 is 1.92 bits per heavy atom. The molecule has 0 bridgehead atoms. The number of unbranched alkanes of at least 4 members (excludes halogenated alkanes) is 12. The number of hydrogen-bond donors (Lipinski definition) is 0. The van der Waals surface area contributed by atoms with Crippen molar-refractivity contribution >= 4 is 5.97 Å². The molecule has 10 atom stereocenters. The predicted octanol–water partition coefficient (Wildman–Crippen LogP) is 14.1. The second-order valence-electron chi connectivity index (χ2n) is 20.1.